The van der Waals surface area contributed by atoms with Crippen molar-refractivity contribution in [1.29, 1.82) is 0 Å². The van der Waals surface area contributed by atoms with Crippen LogP contribution in [0, 0.1) is 6.92 Å². The van der Waals surface area contributed by atoms with E-state index >= 15 is 0 Å². The fourth-order valence-electron chi connectivity index (χ4n) is 3.61. The first kappa shape index (κ1) is 30.4. The second-order valence-electron chi connectivity index (χ2n) is 7.66. The quantitative estimate of drug-likeness (QED) is 0.0771. The molecule has 0 saturated carbocycles. The van der Waals surface area contributed by atoms with Crippen molar-refractivity contribution >= 4 is 80.8 Å². The van der Waals surface area contributed by atoms with Gasteiger partial charge in [-0.05, 0) is 12.5 Å². The maximum Gasteiger partial charge on any atom is 1.00 e. The molecule has 0 spiro atoms. The van der Waals surface area contributed by atoms with Gasteiger partial charge in [-0.15, -0.1) is 34.4 Å². The van der Waals surface area contributed by atoms with Crippen molar-refractivity contribution in [3.63, 3.8) is 0 Å². The number of thioether (sulfide) groups is 2. The van der Waals surface area contributed by atoms with E-state index < -0.39 is 35.2 Å². The number of nitrogen functional groups attached to an aromatic ring is 1. The number of hydrogen-bond donors (Lipinski definition) is 4. The van der Waals surface area contributed by atoms with Crippen LogP contribution in [0.15, 0.2) is 26.1 Å². The monoisotopic (exact) mass is 608 g/mol. The van der Waals surface area contributed by atoms with Gasteiger partial charge in [-0.3, -0.25) is 19.3 Å². The molecule has 198 valence electrons. The van der Waals surface area contributed by atoms with E-state index in [2.05, 4.69) is 20.4 Å². The molecule has 0 bridgehead atoms. The molecule has 18 heteroatoms. The molecule has 2 aliphatic rings. The van der Waals surface area contributed by atoms with Gasteiger partial charge in [-0.2, -0.15) is 0 Å². The molecule has 2 aliphatic heterocycles. The average molecular weight is 609 g/mol. The van der Waals surface area contributed by atoms with Crippen LogP contribution in [0.25, 0.3) is 0 Å². The fourth-order valence-corrected chi connectivity index (χ4v) is 7.87. The van der Waals surface area contributed by atoms with Gasteiger partial charge < -0.3 is 27.5 Å². The molecule has 1 fully saturated rings. The number of carbonyl (C=O) groups is 4. The fraction of sp³-hybridized carbons (Fsp3) is 0.350. The zero-order chi connectivity index (χ0) is 26.9. The molecule has 4 heterocycles. The molecule has 0 unspecified atom stereocenters. The Hall–Kier alpha value is -2.15. The van der Waals surface area contributed by atoms with Gasteiger partial charge in [-0.25, -0.2) is 14.8 Å². The number of carbonyl (C=O) groups excluding carboxylic acids is 2. The van der Waals surface area contributed by atoms with Crippen molar-refractivity contribution < 1.29 is 65.2 Å². The minimum Gasteiger partial charge on any atom is -1.00 e. The minimum absolute atomic E-state index is 0. The SMILES string of the molecule is CO/N=C(\C(=O)N[C@@H]1C(=O)N2C(C(=O)O)=C(CSc3nc(C)c(CC(=O)O)s3)CS[C@H]12)c1csc(N)n1.[H-].[Na+]. The van der Waals surface area contributed by atoms with Crippen LogP contribution in [0.5, 0.6) is 0 Å². The van der Waals surface area contributed by atoms with Crippen LogP contribution < -0.4 is 40.6 Å². The smallest absolute Gasteiger partial charge is 1.00 e. The van der Waals surface area contributed by atoms with Gasteiger partial charge in [0.25, 0.3) is 11.8 Å². The number of carboxylic acid groups (broad SMARTS) is 2. The maximum atomic E-state index is 13.0. The van der Waals surface area contributed by atoms with E-state index in [1.54, 1.807) is 6.92 Å². The van der Waals surface area contributed by atoms with E-state index in [1.807, 2.05) is 0 Å². The van der Waals surface area contributed by atoms with E-state index in [-0.39, 0.29) is 65.4 Å². The van der Waals surface area contributed by atoms with Crippen molar-refractivity contribution in [1.82, 2.24) is 20.2 Å². The van der Waals surface area contributed by atoms with E-state index in [1.165, 1.54) is 52.3 Å². The number of amides is 2. The number of anilines is 1. The number of aryl methyl sites for hydroxylation is 1. The Morgan fingerprint density at radius 2 is 2.11 bits per heavy atom. The number of nitrogens with two attached hydrogens (primary N) is 1. The number of rotatable bonds is 10. The molecule has 2 amide bonds. The number of thiazole rings is 2. The van der Waals surface area contributed by atoms with Gasteiger partial charge in [-0.1, -0.05) is 16.9 Å². The number of oxime groups is 1. The van der Waals surface area contributed by atoms with Crippen molar-refractivity contribution in [2.24, 2.45) is 5.16 Å². The summed E-state index contributed by atoms with van der Waals surface area (Å²) in [5.41, 5.74) is 6.70. The van der Waals surface area contributed by atoms with E-state index in [4.69, 9.17) is 15.7 Å². The molecule has 0 aromatic carbocycles. The topological polar surface area (TPSA) is 197 Å². The Labute approximate surface area is 256 Å². The molecule has 2 aromatic rings. The predicted octanol–water partition coefficient (Wildman–Crippen LogP) is -1.88. The van der Waals surface area contributed by atoms with Gasteiger partial charge in [0.05, 0.1) is 12.1 Å². The molecule has 0 radical (unpaired) electrons. The van der Waals surface area contributed by atoms with Gasteiger partial charge in [0.15, 0.2) is 15.2 Å². The van der Waals surface area contributed by atoms with Crippen molar-refractivity contribution in [2.45, 2.75) is 29.1 Å². The third-order valence-corrected chi connectivity index (χ3v) is 9.65. The van der Waals surface area contributed by atoms with Gasteiger partial charge >= 0.3 is 41.5 Å². The second-order valence-corrected chi connectivity index (χ2v) is 12.0. The molecule has 2 atom stereocenters. The number of nitrogens with one attached hydrogen (secondary N) is 1. The number of hydrogen-bond acceptors (Lipinski definition) is 13. The third kappa shape index (κ3) is 6.35. The van der Waals surface area contributed by atoms with Crippen LogP contribution in [0.4, 0.5) is 5.13 Å². The second kappa shape index (κ2) is 12.8. The molecule has 38 heavy (non-hydrogen) atoms. The number of carboxylic acids is 2. The third-order valence-electron chi connectivity index (χ3n) is 5.25. The summed E-state index contributed by atoms with van der Waals surface area (Å²) in [7, 11) is 1.26. The molecule has 13 nitrogen and oxygen atoms in total. The van der Waals surface area contributed by atoms with Crippen LogP contribution in [-0.4, -0.2) is 84.6 Å². The van der Waals surface area contributed by atoms with Crippen LogP contribution in [0.2, 0.25) is 0 Å². The van der Waals surface area contributed by atoms with Crippen LogP contribution >= 0.6 is 46.2 Å². The first-order valence-corrected chi connectivity index (χ1v) is 14.2. The van der Waals surface area contributed by atoms with E-state index in [9.17, 15) is 24.3 Å². The Bertz CT molecular complexity index is 1350. The van der Waals surface area contributed by atoms with Crippen LogP contribution in [0.3, 0.4) is 0 Å². The molecule has 1 saturated heterocycles. The normalized spacial score (nSPS) is 18.8. The zero-order valence-corrected chi connectivity index (χ0v) is 25.6. The molecular formula is C20H21N6NaO7S4. The van der Waals surface area contributed by atoms with Gasteiger partial charge in [0.2, 0.25) is 0 Å². The standard InChI is InChI=1S/C20H20N6O7S4.Na.H/c1-7-10(3-11(27)28)37-20(22-7)36-5-8-4-34-17-13(16(30)26(17)14(8)18(31)32)24-15(29)12(25-33-2)9-6-35-19(21)23-9;;/h6,13,17H,3-5H2,1-2H3,(H2,21,23)(H,24,29)(H,27,28)(H,31,32);;/q;+1;-1/b25-12-;;/t13-,17-;;/m1../s1. The maximum absolute atomic E-state index is 13.0. The summed E-state index contributed by atoms with van der Waals surface area (Å²) in [6.07, 6.45) is -0.132. The van der Waals surface area contributed by atoms with Crippen molar-refractivity contribution in [3.05, 3.63) is 32.9 Å². The summed E-state index contributed by atoms with van der Waals surface area (Å²) < 4.78 is 0.617. The molecule has 5 N–H and O–H groups in total. The number of β-lactam (4-membered cyclic amide) rings is 1. The Balaban J connectivity index is 0.00000267. The minimum atomic E-state index is -1.25. The first-order valence-electron chi connectivity index (χ1n) is 10.4. The molecular weight excluding hydrogens is 588 g/mol. The largest absolute Gasteiger partial charge is 1.00 e. The van der Waals surface area contributed by atoms with Crippen LogP contribution in [0.1, 0.15) is 17.7 Å². The van der Waals surface area contributed by atoms with Crippen molar-refractivity contribution in [2.75, 3.05) is 24.3 Å². The Morgan fingerprint density at radius 3 is 2.71 bits per heavy atom. The zero-order valence-electron chi connectivity index (χ0n) is 21.3. The predicted molar refractivity (Wildman–Crippen MR) is 140 cm³/mol. The van der Waals surface area contributed by atoms with E-state index in [0.29, 0.717) is 26.2 Å². The molecule has 4 rings (SSSR count). The van der Waals surface area contributed by atoms with Crippen LogP contribution in [-0.2, 0) is 30.4 Å². The summed E-state index contributed by atoms with van der Waals surface area (Å²) in [4.78, 5) is 63.9. The Kier molecular flexibility index (Phi) is 10.2. The number of fused-ring (bicyclic) bond motifs is 1. The average Bonchev–Trinajstić information content (AvgIpc) is 3.42. The molecule has 2 aromatic heterocycles. The molecule has 0 aliphatic carbocycles. The summed E-state index contributed by atoms with van der Waals surface area (Å²) in [5, 5.41) is 26.3. The number of nitrogens with zero attached hydrogens (tertiary/aromatic N) is 4. The van der Waals surface area contributed by atoms with Gasteiger partial charge in [0, 0.05) is 21.8 Å². The summed E-state index contributed by atoms with van der Waals surface area (Å²) in [5.74, 6) is -2.89. The van der Waals surface area contributed by atoms with Crippen molar-refractivity contribution in [3.8, 4) is 0 Å². The first-order chi connectivity index (χ1) is 17.6. The Morgan fingerprint density at radius 1 is 1.37 bits per heavy atom. The summed E-state index contributed by atoms with van der Waals surface area (Å²) in [6.45, 7) is 1.72. The van der Waals surface area contributed by atoms with E-state index in [0.717, 1.165) is 11.3 Å². The summed E-state index contributed by atoms with van der Waals surface area (Å²) in [6, 6.07) is -0.959. The van der Waals surface area contributed by atoms with Gasteiger partial charge in [0.1, 0.15) is 29.9 Å². The summed E-state index contributed by atoms with van der Waals surface area (Å²) >= 11 is 4.98. The number of aliphatic carboxylic acids is 2. The number of aromatic nitrogens is 2.